The zero-order valence-corrected chi connectivity index (χ0v) is 16.2. The van der Waals surface area contributed by atoms with Crippen LogP contribution in [0.2, 0.25) is 5.02 Å². The first-order valence-corrected chi connectivity index (χ1v) is 9.00. The van der Waals surface area contributed by atoms with Crippen LogP contribution in [0.4, 0.5) is 5.95 Å². The van der Waals surface area contributed by atoms with E-state index in [2.05, 4.69) is 15.4 Å². The second kappa shape index (κ2) is 8.22. The molecule has 0 fully saturated rings. The highest BCUT2D eigenvalue weighted by molar-refractivity contribution is 6.30. The summed E-state index contributed by atoms with van der Waals surface area (Å²) < 4.78 is 7.41. The minimum Gasteiger partial charge on any atom is -0.488 e. The Labute approximate surface area is 163 Å². The number of ether oxygens (including phenoxy) is 1. The molecule has 0 radical (unpaired) electrons. The third-order valence-corrected chi connectivity index (χ3v) is 4.21. The SMILES string of the molecule is CC(C)c1nc(NC(=O)c2ccccc2OCc2ccc(Cl)cc2)n(C)n1. The predicted molar refractivity (Wildman–Crippen MR) is 105 cm³/mol. The van der Waals surface area contributed by atoms with Gasteiger partial charge in [-0.3, -0.25) is 10.1 Å². The number of anilines is 1. The second-order valence-electron chi connectivity index (χ2n) is 6.44. The van der Waals surface area contributed by atoms with E-state index in [1.807, 2.05) is 32.0 Å². The highest BCUT2D eigenvalue weighted by Gasteiger charge is 2.17. The number of aromatic nitrogens is 3. The molecule has 0 saturated carbocycles. The molecule has 6 nitrogen and oxygen atoms in total. The molecule has 0 aliphatic heterocycles. The normalized spacial score (nSPS) is 10.9. The van der Waals surface area contributed by atoms with E-state index in [0.29, 0.717) is 34.7 Å². The van der Waals surface area contributed by atoms with Gasteiger partial charge in [-0.15, -0.1) is 0 Å². The Morgan fingerprint density at radius 3 is 2.56 bits per heavy atom. The van der Waals surface area contributed by atoms with Crippen molar-refractivity contribution in [2.75, 3.05) is 5.32 Å². The largest absolute Gasteiger partial charge is 0.488 e. The summed E-state index contributed by atoms with van der Waals surface area (Å²) in [5.74, 6) is 1.46. The van der Waals surface area contributed by atoms with Gasteiger partial charge < -0.3 is 4.74 Å². The molecule has 140 valence electrons. The Kier molecular flexibility index (Phi) is 5.76. The van der Waals surface area contributed by atoms with E-state index in [-0.39, 0.29) is 11.8 Å². The van der Waals surface area contributed by atoms with E-state index in [1.54, 1.807) is 42.1 Å². The number of para-hydroxylation sites is 1. The van der Waals surface area contributed by atoms with Crippen molar-refractivity contribution in [1.29, 1.82) is 0 Å². The first kappa shape index (κ1) is 18.9. The number of aryl methyl sites for hydroxylation is 1. The maximum absolute atomic E-state index is 12.7. The van der Waals surface area contributed by atoms with Crippen molar-refractivity contribution in [2.45, 2.75) is 26.4 Å². The van der Waals surface area contributed by atoms with E-state index in [1.165, 1.54) is 0 Å². The van der Waals surface area contributed by atoms with Crippen LogP contribution in [0.3, 0.4) is 0 Å². The van der Waals surface area contributed by atoms with Crippen molar-refractivity contribution in [3.8, 4) is 5.75 Å². The topological polar surface area (TPSA) is 69.0 Å². The van der Waals surface area contributed by atoms with Crippen LogP contribution in [-0.2, 0) is 13.7 Å². The molecule has 1 heterocycles. The molecule has 0 bridgehead atoms. The zero-order valence-electron chi connectivity index (χ0n) is 15.4. The maximum atomic E-state index is 12.7. The lowest BCUT2D eigenvalue weighted by Gasteiger charge is -2.11. The number of carbonyl (C=O) groups is 1. The van der Waals surface area contributed by atoms with Crippen LogP contribution in [-0.4, -0.2) is 20.7 Å². The van der Waals surface area contributed by atoms with Gasteiger partial charge in [-0.25, -0.2) is 4.68 Å². The minimum absolute atomic E-state index is 0.178. The molecule has 27 heavy (non-hydrogen) atoms. The number of amides is 1. The Hall–Kier alpha value is -2.86. The predicted octanol–water partition coefficient (Wildman–Crippen LogP) is 4.42. The van der Waals surface area contributed by atoms with Crippen LogP contribution in [0, 0.1) is 0 Å². The Balaban J connectivity index is 1.74. The average Bonchev–Trinajstić information content (AvgIpc) is 3.02. The zero-order chi connectivity index (χ0) is 19.4. The van der Waals surface area contributed by atoms with E-state index in [4.69, 9.17) is 16.3 Å². The van der Waals surface area contributed by atoms with Gasteiger partial charge in [0.2, 0.25) is 5.95 Å². The molecule has 0 aliphatic rings. The quantitative estimate of drug-likeness (QED) is 0.682. The lowest BCUT2D eigenvalue weighted by molar-refractivity contribution is 0.102. The van der Waals surface area contributed by atoms with Crippen molar-refractivity contribution in [3.05, 3.63) is 70.5 Å². The van der Waals surface area contributed by atoms with Gasteiger partial charge in [-0.1, -0.05) is 49.7 Å². The number of nitrogens with one attached hydrogen (secondary N) is 1. The molecule has 7 heteroatoms. The molecule has 2 aromatic carbocycles. The van der Waals surface area contributed by atoms with Crippen molar-refractivity contribution < 1.29 is 9.53 Å². The van der Waals surface area contributed by atoms with E-state index >= 15 is 0 Å². The molecule has 1 N–H and O–H groups in total. The van der Waals surface area contributed by atoms with Gasteiger partial charge in [0.25, 0.3) is 5.91 Å². The van der Waals surface area contributed by atoms with Gasteiger partial charge in [-0.05, 0) is 29.8 Å². The number of hydrogen-bond donors (Lipinski definition) is 1. The van der Waals surface area contributed by atoms with Crippen molar-refractivity contribution in [3.63, 3.8) is 0 Å². The third kappa shape index (κ3) is 4.65. The Bertz CT molecular complexity index is 935. The van der Waals surface area contributed by atoms with E-state index in [9.17, 15) is 4.79 Å². The third-order valence-electron chi connectivity index (χ3n) is 3.96. The van der Waals surface area contributed by atoms with E-state index in [0.717, 1.165) is 5.56 Å². The number of benzene rings is 2. The molecule has 0 spiro atoms. The van der Waals surface area contributed by atoms with Gasteiger partial charge in [-0.2, -0.15) is 10.1 Å². The lowest BCUT2D eigenvalue weighted by Crippen LogP contribution is -2.16. The van der Waals surface area contributed by atoms with Gasteiger partial charge in [0.1, 0.15) is 12.4 Å². The smallest absolute Gasteiger partial charge is 0.261 e. The summed E-state index contributed by atoms with van der Waals surface area (Å²) in [5, 5.41) is 7.78. The fourth-order valence-electron chi connectivity index (χ4n) is 2.45. The van der Waals surface area contributed by atoms with Crippen molar-refractivity contribution in [2.24, 2.45) is 7.05 Å². The van der Waals surface area contributed by atoms with Crippen molar-refractivity contribution in [1.82, 2.24) is 14.8 Å². The summed E-state index contributed by atoms with van der Waals surface area (Å²) in [6, 6.07) is 14.5. The minimum atomic E-state index is -0.299. The van der Waals surface area contributed by atoms with Crippen molar-refractivity contribution >= 4 is 23.5 Å². The molecular weight excluding hydrogens is 364 g/mol. The highest BCUT2D eigenvalue weighted by atomic mass is 35.5. The van der Waals surface area contributed by atoms with Crippen LogP contribution in [0.1, 0.15) is 41.5 Å². The van der Waals surface area contributed by atoms with Gasteiger partial charge >= 0.3 is 0 Å². The van der Waals surface area contributed by atoms with Crippen LogP contribution in [0.15, 0.2) is 48.5 Å². The van der Waals surface area contributed by atoms with Crippen LogP contribution in [0.25, 0.3) is 0 Å². The molecule has 1 aromatic heterocycles. The molecule has 0 atom stereocenters. The molecule has 1 amide bonds. The van der Waals surface area contributed by atoms with Crippen LogP contribution >= 0.6 is 11.6 Å². The molecule has 3 rings (SSSR count). The summed E-state index contributed by atoms with van der Waals surface area (Å²) >= 11 is 5.90. The highest BCUT2D eigenvalue weighted by Crippen LogP contribution is 2.21. The monoisotopic (exact) mass is 384 g/mol. The summed E-state index contributed by atoms with van der Waals surface area (Å²) in [5.41, 5.74) is 1.39. The molecule has 3 aromatic rings. The fourth-order valence-corrected chi connectivity index (χ4v) is 2.57. The lowest BCUT2D eigenvalue weighted by atomic mass is 10.2. The maximum Gasteiger partial charge on any atom is 0.261 e. The first-order chi connectivity index (χ1) is 12.9. The van der Waals surface area contributed by atoms with Gasteiger partial charge in [0, 0.05) is 18.0 Å². The first-order valence-electron chi connectivity index (χ1n) is 8.62. The van der Waals surface area contributed by atoms with Gasteiger partial charge in [0.15, 0.2) is 5.82 Å². The van der Waals surface area contributed by atoms with Crippen LogP contribution < -0.4 is 10.1 Å². The summed E-state index contributed by atoms with van der Waals surface area (Å²) in [7, 11) is 1.75. The summed E-state index contributed by atoms with van der Waals surface area (Å²) in [6.45, 7) is 4.34. The number of hydrogen-bond acceptors (Lipinski definition) is 4. The Morgan fingerprint density at radius 2 is 1.89 bits per heavy atom. The molecule has 0 saturated heterocycles. The standard InChI is InChI=1S/C20H21ClN4O2/c1-13(2)18-22-20(25(3)24-18)23-19(26)16-6-4-5-7-17(16)27-12-14-8-10-15(21)11-9-14/h4-11,13H,12H2,1-3H3,(H,22,23,24,26). The van der Waals surface area contributed by atoms with Gasteiger partial charge in [0.05, 0.1) is 5.56 Å². The number of carbonyl (C=O) groups excluding carboxylic acids is 1. The molecule has 0 aliphatic carbocycles. The summed E-state index contributed by atoms with van der Waals surface area (Å²) in [4.78, 5) is 17.1. The average molecular weight is 385 g/mol. The fraction of sp³-hybridized carbons (Fsp3) is 0.250. The number of halogens is 1. The van der Waals surface area contributed by atoms with Crippen LogP contribution in [0.5, 0.6) is 5.75 Å². The number of rotatable bonds is 6. The van der Waals surface area contributed by atoms with E-state index < -0.39 is 0 Å². The summed E-state index contributed by atoms with van der Waals surface area (Å²) in [6.07, 6.45) is 0. The second-order valence-corrected chi connectivity index (χ2v) is 6.87. The molecule has 0 unspecified atom stereocenters. The number of nitrogens with zero attached hydrogens (tertiary/aromatic N) is 3. The Morgan fingerprint density at radius 1 is 1.19 bits per heavy atom. The molecular formula is C20H21ClN4O2.